The molecule has 1 unspecified atom stereocenters. The first-order valence-corrected chi connectivity index (χ1v) is 8.95. The summed E-state index contributed by atoms with van der Waals surface area (Å²) in [5.41, 5.74) is 3.34. The van der Waals surface area contributed by atoms with Crippen LogP contribution in [0, 0.1) is 0 Å². The van der Waals surface area contributed by atoms with Gasteiger partial charge in [0.25, 0.3) is 5.78 Å². The molecular weight excluding hydrogens is 330 g/mol. The molecular formula is C19H21N5O2. The van der Waals surface area contributed by atoms with Gasteiger partial charge in [0.2, 0.25) is 0 Å². The number of benzene rings is 1. The normalized spacial score (nSPS) is 22.3. The van der Waals surface area contributed by atoms with Crippen molar-refractivity contribution >= 4 is 11.6 Å². The van der Waals surface area contributed by atoms with Crippen LogP contribution in [-0.4, -0.2) is 46.4 Å². The van der Waals surface area contributed by atoms with Crippen LogP contribution in [0.4, 0.5) is 5.82 Å². The summed E-state index contributed by atoms with van der Waals surface area (Å²) in [6.45, 7) is 2.76. The summed E-state index contributed by atoms with van der Waals surface area (Å²) >= 11 is 0. The number of hydrogen-bond acceptors (Lipinski definition) is 6. The van der Waals surface area contributed by atoms with Gasteiger partial charge in [-0.15, -0.1) is 0 Å². The zero-order chi connectivity index (χ0) is 17.6. The number of aryl methyl sites for hydroxylation is 1. The van der Waals surface area contributed by atoms with Crippen molar-refractivity contribution in [1.29, 1.82) is 0 Å². The van der Waals surface area contributed by atoms with Crippen molar-refractivity contribution in [3.63, 3.8) is 0 Å². The average molecular weight is 351 g/mol. The number of morpholine rings is 1. The second-order valence-electron chi connectivity index (χ2n) is 6.93. The highest BCUT2D eigenvalue weighted by atomic mass is 16.5. The number of methoxy groups -OCH3 is 1. The van der Waals surface area contributed by atoms with Crippen LogP contribution in [0.2, 0.25) is 0 Å². The van der Waals surface area contributed by atoms with E-state index in [4.69, 9.17) is 9.47 Å². The Morgan fingerprint density at radius 3 is 3.15 bits per heavy atom. The Labute approximate surface area is 151 Å². The lowest BCUT2D eigenvalue weighted by atomic mass is 9.93. The smallest absolute Gasteiger partial charge is 0.254 e. The molecule has 0 bridgehead atoms. The number of nitrogens with zero attached hydrogens (tertiary/aromatic N) is 5. The maximum atomic E-state index is 6.35. The molecule has 5 rings (SSSR count). The van der Waals surface area contributed by atoms with E-state index in [2.05, 4.69) is 44.2 Å². The number of ether oxygens (including phenoxy) is 2. The molecule has 1 fully saturated rings. The van der Waals surface area contributed by atoms with E-state index in [0.29, 0.717) is 19.0 Å². The summed E-state index contributed by atoms with van der Waals surface area (Å²) in [6, 6.07) is 10.7. The molecule has 1 atom stereocenters. The predicted octanol–water partition coefficient (Wildman–Crippen LogP) is 1.95. The molecule has 3 heterocycles. The fourth-order valence-corrected chi connectivity index (χ4v) is 4.24. The highest BCUT2D eigenvalue weighted by Crippen LogP contribution is 2.42. The molecule has 0 saturated carbocycles. The van der Waals surface area contributed by atoms with Gasteiger partial charge >= 0.3 is 0 Å². The first kappa shape index (κ1) is 15.7. The molecule has 2 aromatic heterocycles. The third kappa shape index (κ3) is 2.39. The molecule has 26 heavy (non-hydrogen) atoms. The molecule has 0 amide bonds. The van der Waals surface area contributed by atoms with E-state index >= 15 is 0 Å². The molecule has 1 aliphatic heterocycles. The summed E-state index contributed by atoms with van der Waals surface area (Å²) < 4.78 is 13.4. The minimum atomic E-state index is -0.244. The van der Waals surface area contributed by atoms with Crippen LogP contribution in [0.25, 0.3) is 5.78 Å². The number of anilines is 1. The molecule has 1 saturated heterocycles. The van der Waals surface area contributed by atoms with Gasteiger partial charge in [-0.05, 0) is 24.0 Å². The lowest BCUT2D eigenvalue weighted by molar-refractivity contribution is -0.0595. The van der Waals surface area contributed by atoms with Gasteiger partial charge in [-0.25, -0.2) is 4.98 Å². The predicted molar refractivity (Wildman–Crippen MR) is 96.1 cm³/mol. The van der Waals surface area contributed by atoms with E-state index in [1.54, 1.807) is 18.0 Å². The highest BCUT2D eigenvalue weighted by molar-refractivity contribution is 5.50. The maximum Gasteiger partial charge on any atom is 0.254 e. The van der Waals surface area contributed by atoms with Crippen LogP contribution >= 0.6 is 0 Å². The molecule has 2 aliphatic rings. The molecule has 134 valence electrons. The van der Waals surface area contributed by atoms with E-state index in [0.717, 1.165) is 37.4 Å². The molecule has 7 nitrogen and oxygen atoms in total. The Balaban J connectivity index is 1.55. The largest absolute Gasteiger partial charge is 0.378 e. The maximum absolute atomic E-state index is 6.35. The van der Waals surface area contributed by atoms with Crippen molar-refractivity contribution in [1.82, 2.24) is 19.6 Å². The Bertz CT molecular complexity index is 952. The van der Waals surface area contributed by atoms with E-state index in [1.807, 2.05) is 6.07 Å². The monoisotopic (exact) mass is 351 g/mol. The zero-order valence-electron chi connectivity index (χ0n) is 14.8. The fourth-order valence-electron chi connectivity index (χ4n) is 4.24. The van der Waals surface area contributed by atoms with Crippen LogP contribution in [0.1, 0.15) is 23.2 Å². The van der Waals surface area contributed by atoms with Crippen molar-refractivity contribution in [2.24, 2.45) is 0 Å². The minimum absolute atomic E-state index is 0.244. The summed E-state index contributed by atoms with van der Waals surface area (Å²) in [5.74, 6) is 1.59. The van der Waals surface area contributed by atoms with Crippen LogP contribution in [0.15, 0.2) is 36.7 Å². The summed E-state index contributed by atoms with van der Waals surface area (Å²) in [6.07, 6.45) is 3.62. The Hall–Kier alpha value is -2.51. The van der Waals surface area contributed by atoms with Gasteiger partial charge < -0.3 is 14.4 Å². The summed E-state index contributed by atoms with van der Waals surface area (Å²) in [4.78, 5) is 11.1. The fraction of sp³-hybridized carbons (Fsp3) is 0.421. The SMILES string of the molecule is COCc1cc(N2CCOC3(CCc4ccccc43)C2)n2ncnc2n1. The molecule has 1 aliphatic carbocycles. The summed E-state index contributed by atoms with van der Waals surface area (Å²) in [7, 11) is 1.68. The lowest BCUT2D eigenvalue weighted by Crippen LogP contribution is -2.49. The Kier molecular flexibility index (Phi) is 3.65. The Morgan fingerprint density at radius 1 is 1.31 bits per heavy atom. The minimum Gasteiger partial charge on any atom is -0.378 e. The van der Waals surface area contributed by atoms with E-state index < -0.39 is 0 Å². The van der Waals surface area contributed by atoms with Crippen LogP contribution in [0.5, 0.6) is 0 Å². The van der Waals surface area contributed by atoms with E-state index in [1.165, 1.54) is 11.1 Å². The summed E-state index contributed by atoms with van der Waals surface area (Å²) in [5, 5.41) is 4.37. The van der Waals surface area contributed by atoms with Crippen molar-refractivity contribution in [3.8, 4) is 0 Å². The van der Waals surface area contributed by atoms with Crippen molar-refractivity contribution in [3.05, 3.63) is 53.5 Å². The van der Waals surface area contributed by atoms with Crippen LogP contribution in [-0.2, 0) is 28.1 Å². The molecule has 7 heteroatoms. The molecule has 1 aromatic carbocycles. The third-order valence-corrected chi connectivity index (χ3v) is 5.39. The average Bonchev–Trinajstić information content (AvgIpc) is 3.27. The van der Waals surface area contributed by atoms with E-state index in [-0.39, 0.29) is 5.60 Å². The second kappa shape index (κ2) is 6.03. The van der Waals surface area contributed by atoms with Gasteiger partial charge in [-0.3, -0.25) is 0 Å². The van der Waals surface area contributed by atoms with Crippen molar-refractivity contribution < 1.29 is 9.47 Å². The quantitative estimate of drug-likeness (QED) is 0.719. The standard InChI is InChI=1S/C19H21N5O2/c1-25-11-15-10-17(24-18(22-15)20-13-21-24)23-8-9-26-19(12-23)7-6-14-4-2-3-5-16(14)19/h2-5,10,13H,6-9,11-12H2,1H3. The van der Waals surface area contributed by atoms with Crippen molar-refractivity contribution in [2.75, 3.05) is 31.7 Å². The molecule has 0 radical (unpaired) electrons. The first-order chi connectivity index (χ1) is 12.8. The Morgan fingerprint density at radius 2 is 2.23 bits per heavy atom. The zero-order valence-corrected chi connectivity index (χ0v) is 14.8. The van der Waals surface area contributed by atoms with Gasteiger partial charge in [-0.2, -0.15) is 14.6 Å². The van der Waals surface area contributed by atoms with Gasteiger partial charge in [0, 0.05) is 19.7 Å². The number of fused-ring (bicyclic) bond motifs is 3. The van der Waals surface area contributed by atoms with Gasteiger partial charge in [0.1, 0.15) is 17.7 Å². The van der Waals surface area contributed by atoms with Crippen LogP contribution in [0.3, 0.4) is 0 Å². The molecule has 1 spiro atoms. The number of aromatic nitrogens is 4. The van der Waals surface area contributed by atoms with E-state index in [9.17, 15) is 0 Å². The number of rotatable bonds is 3. The van der Waals surface area contributed by atoms with Gasteiger partial charge in [0.05, 0.1) is 25.5 Å². The third-order valence-electron chi connectivity index (χ3n) is 5.39. The lowest BCUT2D eigenvalue weighted by Gasteiger charge is -2.42. The second-order valence-corrected chi connectivity index (χ2v) is 6.93. The first-order valence-electron chi connectivity index (χ1n) is 8.95. The topological polar surface area (TPSA) is 64.8 Å². The number of hydrogen-bond donors (Lipinski definition) is 0. The van der Waals surface area contributed by atoms with Crippen LogP contribution < -0.4 is 4.90 Å². The highest BCUT2D eigenvalue weighted by Gasteiger charge is 2.43. The molecule has 3 aromatic rings. The van der Waals surface area contributed by atoms with Gasteiger partial charge in [-0.1, -0.05) is 24.3 Å². The van der Waals surface area contributed by atoms with Crippen molar-refractivity contribution in [2.45, 2.75) is 25.0 Å². The molecule has 0 N–H and O–H groups in total. The van der Waals surface area contributed by atoms with Gasteiger partial charge in [0.15, 0.2) is 0 Å².